The SMILES string of the molecule is CC(C)=CCc1c2c(c(O)c3c1O[C@]14C(=CC5CC1C(C)(C)O[C@@]4(CC=C(C)C)C5=O)C3=O)C=CC(C)(C)O2. The second-order valence-corrected chi connectivity index (χ2v) is 13.3. The number of fused-ring (bicyclic) bond motifs is 2. The van der Waals surface area contributed by atoms with E-state index in [1.165, 1.54) is 0 Å². The molecule has 206 valence electrons. The van der Waals surface area contributed by atoms with Gasteiger partial charge in [0.2, 0.25) is 0 Å². The highest BCUT2D eigenvalue weighted by atomic mass is 16.6. The fraction of sp³-hybridized carbons (Fsp3) is 0.515. The van der Waals surface area contributed by atoms with Crippen molar-refractivity contribution in [3.8, 4) is 17.2 Å². The molecule has 0 radical (unpaired) electrons. The fourth-order valence-corrected chi connectivity index (χ4v) is 7.41. The largest absolute Gasteiger partial charge is 0.506 e. The Morgan fingerprint density at radius 1 is 1.03 bits per heavy atom. The van der Waals surface area contributed by atoms with Crippen molar-refractivity contribution < 1.29 is 28.9 Å². The number of phenols is 1. The number of hydrogen-bond acceptors (Lipinski definition) is 6. The summed E-state index contributed by atoms with van der Waals surface area (Å²) in [7, 11) is 0. The van der Waals surface area contributed by atoms with Gasteiger partial charge in [-0.2, -0.15) is 0 Å². The Morgan fingerprint density at radius 2 is 1.72 bits per heavy atom. The van der Waals surface area contributed by atoms with E-state index >= 15 is 0 Å². The molecule has 1 saturated heterocycles. The van der Waals surface area contributed by atoms with Crippen LogP contribution in [-0.4, -0.2) is 39.1 Å². The Labute approximate surface area is 230 Å². The number of aromatic hydroxyl groups is 1. The average molecular weight is 531 g/mol. The lowest BCUT2D eigenvalue weighted by Gasteiger charge is -2.56. The van der Waals surface area contributed by atoms with E-state index in [-0.39, 0.29) is 28.8 Å². The Morgan fingerprint density at radius 3 is 2.38 bits per heavy atom. The van der Waals surface area contributed by atoms with E-state index in [1.54, 1.807) is 6.08 Å². The molecule has 4 bridgehead atoms. The molecule has 6 heteroatoms. The van der Waals surface area contributed by atoms with Crippen molar-refractivity contribution in [2.24, 2.45) is 11.8 Å². The van der Waals surface area contributed by atoms with E-state index in [0.717, 1.165) is 11.1 Å². The molecular formula is C33H38O6. The lowest BCUT2D eigenvalue weighted by molar-refractivity contribution is -0.171. The van der Waals surface area contributed by atoms with Crippen LogP contribution in [0.5, 0.6) is 17.2 Å². The topological polar surface area (TPSA) is 82.1 Å². The van der Waals surface area contributed by atoms with Gasteiger partial charge in [-0.3, -0.25) is 9.59 Å². The molecule has 3 aliphatic heterocycles. The molecule has 0 aromatic heterocycles. The highest BCUT2D eigenvalue weighted by molar-refractivity contribution is 6.19. The van der Waals surface area contributed by atoms with Crippen molar-refractivity contribution >= 4 is 17.6 Å². The predicted octanol–water partition coefficient (Wildman–Crippen LogP) is 6.45. The van der Waals surface area contributed by atoms with E-state index in [2.05, 4.69) is 6.08 Å². The number of allylic oxidation sites excluding steroid dienone is 4. The number of carbonyl (C=O) groups excluding carboxylic acids is 2. The van der Waals surface area contributed by atoms with Crippen molar-refractivity contribution in [3.05, 3.63) is 57.7 Å². The lowest BCUT2D eigenvalue weighted by atomic mass is 9.51. The Kier molecular flexibility index (Phi) is 5.34. The van der Waals surface area contributed by atoms with E-state index in [4.69, 9.17) is 14.2 Å². The van der Waals surface area contributed by atoms with Gasteiger partial charge in [-0.1, -0.05) is 29.4 Å². The van der Waals surface area contributed by atoms with Gasteiger partial charge in [0.05, 0.1) is 11.2 Å². The molecule has 1 N–H and O–H groups in total. The standard InChI is InChI=1S/C33H38O6/c1-17(2)9-10-21-27-20(12-13-30(5,6)37-27)25(34)24-26(35)22-15-19-16-23-31(7,8)39-32(29(19)36,14-11-18(3)4)33(22,23)38-28(21)24/h9,11-13,15,19,23,34H,10,14,16H2,1-8H3/t19?,23?,32-,33+/m0/s1. The number of rotatable bonds is 4. The first-order valence-corrected chi connectivity index (χ1v) is 13.9. The summed E-state index contributed by atoms with van der Waals surface area (Å²) in [4.78, 5) is 28.6. The molecule has 6 nitrogen and oxygen atoms in total. The van der Waals surface area contributed by atoms with Crippen molar-refractivity contribution in [1.29, 1.82) is 0 Å². The van der Waals surface area contributed by atoms with Gasteiger partial charge in [-0.25, -0.2) is 0 Å². The number of phenolic OH excluding ortho intramolecular Hbond substituents is 1. The lowest BCUT2D eigenvalue weighted by Crippen LogP contribution is -2.72. The molecule has 1 aromatic carbocycles. The molecule has 2 fully saturated rings. The molecule has 1 spiro atoms. The van der Waals surface area contributed by atoms with Crippen LogP contribution in [-0.2, 0) is 16.0 Å². The summed E-state index contributed by atoms with van der Waals surface area (Å²) in [5.41, 5.74) is -0.00322. The smallest absolute Gasteiger partial charge is 0.200 e. The van der Waals surface area contributed by atoms with E-state index < -0.39 is 28.3 Å². The minimum atomic E-state index is -1.34. The van der Waals surface area contributed by atoms with Gasteiger partial charge in [0.25, 0.3) is 0 Å². The molecule has 39 heavy (non-hydrogen) atoms. The van der Waals surface area contributed by atoms with Crippen LogP contribution in [0, 0.1) is 11.8 Å². The predicted molar refractivity (Wildman–Crippen MR) is 149 cm³/mol. The van der Waals surface area contributed by atoms with Crippen molar-refractivity contribution in [3.63, 3.8) is 0 Å². The minimum Gasteiger partial charge on any atom is -0.506 e. The second kappa shape index (κ2) is 7.97. The maximum absolute atomic E-state index is 14.5. The molecular weight excluding hydrogens is 492 g/mol. The van der Waals surface area contributed by atoms with Crippen LogP contribution in [0.15, 0.2) is 41.0 Å². The first-order valence-electron chi connectivity index (χ1n) is 13.9. The third kappa shape index (κ3) is 3.30. The van der Waals surface area contributed by atoms with Crippen LogP contribution < -0.4 is 9.47 Å². The summed E-state index contributed by atoms with van der Waals surface area (Å²) < 4.78 is 20.3. The summed E-state index contributed by atoms with van der Waals surface area (Å²) in [5.74, 6) is -0.308. The van der Waals surface area contributed by atoms with E-state index in [9.17, 15) is 14.7 Å². The number of hydrogen-bond donors (Lipinski definition) is 1. The highest BCUT2D eigenvalue weighted by Gasteiger charge is 2.81. The second-order valence-electron chi connectivity index (χ2n) is 13.3. The van der Waals surface area contributed by atoms with Gasteiger partial charge in [-0.05, 0) is 80.4 Å². The van der Waals surface area contributed by atoms with Gasteiger partial charge < -0.3 is 19.3 Å². The maximum Gasteiger partial charge on any atom is 0.200 e. The normalized spacial score (nSPS) is 31.8. The first kappa shape index (κ1) is 26.1. The van der Waals surface area contributed by atoms with Gasteiger partial charge in [0.15, 0.2) is 22.8 Å². The van der Waals surface area contributed by atoms with Crippen LogP contribution in [0.2, 0.25) is 0 Å². The Bertz CT molecular complexity index is 1460. The van der Waals surface area contributed by atoms with Crippen molar-refractivity contribution in [1.82, 2.24) is 0 Å². The quantitative estimate of drug-likeness (QED) is 0.451. The monoisotopic (exact) mass is 530 g/mol. The number of Topliss-reactive ketones (excluding diaryl/α,β-unsaturated/α-hetero) is 2. The summed E-state index contributed by atoms with van der Waals surface area (Å²) in [6.07, 6.45) is 10.9. The summed E-state index contributed by atoms with van der Waals surface area (Å²) in [6, 6.07) is 0. The molecule has 2 unspecified atom stereocenters. The van der Waals surface area contributed by atoms with E-state index in [1.807, 2.05) is 73.6 Å². The van der Waals surface area contributed by atoms with Crippen molar-refractivity contribution in [2.75, 3.05) is 0 Å². The summed E-state index contributed by atoms with van der Waals surface area (Å²) in [5, 5.41) is 11.5. The molecule has 4 atom stereocenters. The summed E-state index contributed by atoms with van der Waals surface area (Å²) in [6.45, 7) is 15.9. The molecule has 7 rings (SSSR count). The minimum absolute atomic E-state index is 0.0322. The van der Waals surface area contributed by atoms with Gasteiger partial charge >= 0.3 is 0 Å². The molecule has 1 aromatic rings. The third-order valence-electron chi connectivity index (χ3n) is 9.13. The zero-order valence-electron chi connectivity index (χ0n) is 24.2. The van der Waals surface area contributed by atoms with Crippen LogP contribution in [0.4, 0.5) is 0 Å². The number of ether oxygens (including phenoxy) is 3. The Balaban J connectivity index is 1.67. The van der Waals surface area contributed by atoms with Gasteiger partial charge in [0.1, 0.15) is 28.4 Å². The van der Waals surface area contributed by atoms with E-state index in [0.29, 0.717) is 47.5 Å². The van der Waals surface area contributed by atoms with Crippen LogP contribution in [0.1, 0.15) is 89.7 Å². The van der Waals surface area contributed by atoms with Gasteiger partial charge in [0, 0.05) is 29.4 Å². The molecule has 3 aliphatic carbocycles. The first-order chi connectivity index (χ1) is 18.1. The molecule has 3 heterocycles. The Hall–Kier alpha value is -3.12. The average Bonchev–Trinajstić information content (AvgIpc) is 2.99. The zero-order chi connectivity index (χ0) is 28.3. The van der Waals surface area contributed by atoms with Crippen LogP contribution in [0.3, 0.4) is 0 Å². The number of ketones is 2. The molecule has 0 amide bonds. The van der Waals surface area contributed by atoms with Crippen molar-refractivity contribution in [2.45, 2.75) is 97.1 Å². The van der Waals surface area contributed by atoms with Crippen LogP contribution in [0.25, 0.3) is 6.08 Å². The van der Waals surface area contributed by atoms with Crippen LogP contribution >= 0.6 is 0 Å². The zero-order valence-corrected chi connectivity index (χ0v) is 24.2. The van der Waals surface area contributed by atoms with Gasteiger partial charge in [-0.15, -0.1) is 0 Å². The fourth-order valence-electron chi connectivity index (χ4n) is 7.41. The summed E-state index contributed by atoms with van der Waals surface area (Å²) >= 11 is 0. The maximum atomic E-state index is 14.5. The third-order valence-corrected chi connectivity index (χ3v) is 9.13. The molecule has 6 aliphatic rings. The number of benzene rings is 1. The number of carbonyl (C=O) groups is 2. The molecule has 1 saturated carbocycles. The highest BCUT2D eigenvalue weighted by Crippen LogP contribution is 2.68.